The number of likely N-dealkylation sites (N-methyl/N-ethyl adjacent to an activating group) is 1. The molecule has 8 heteroatoms. The van der Waals surface area contributed by atoms with Crippen LogP contribution >= 0.6 is 11.6 Å². The monoisotopic (exact) mass is 402 g/mol. The predicted molar refractivity (Wildman–Crippen MR) is 109 cm³/mol. The first-order valence-electron chi connectivity index (χ1n) is 9.37. The Kier molecular flexibility index (Phi) is 5.14. The van der Waals surface area contributed by atoms with Gasteiger partial charge in [-0.15, -0.1) is 0 Å². The van der Waals surface area contributed by atoms with Crippen LogP contribution in [0.15, 0.2) is 28.7 Å². The molecule has 2 unspecified atom stereocenters. The first-order valence-corrected chi connectivity index (χ1v) is 9.74. The molecule has 4 rings (SSSR count). The fraction of sp³-hybridized carbons (Fsp3) is 0.400. The van der Waals surface area contributed by atoms with Crippen LogP contribution in [0, 0.1) is 6.92 Å². The highest BCUT2D eigenvalue weighted by Gasteiger charge is 2.26. The van der Waals surface area contributed by atoms with E-state index in [-0.39, 0.29) is 17.9 Å². The van der Waals surface area contributed by atoms with Crippen molar-refractivity contribution in [2.24, 2.45) is 0 Å². The number of piperidine rings is 1. The van der Waals surface area contributed by atoms with Gasteiger partial charge in [0.2, 0.25) is 5.65 Å². The van der Waals surface area contributed by atoms with Gasteiger partial charge in [-0.1, -0.05) is 18.5 Å². The molecule has 3 heterocycles. The molecule has 0 spiro atoms. The zero-order chi connectivity index (χ0) is 19.8. The van der Waals surface area contributed by atoms with E-state index in [1.807, 2.05) is 6.92 Å². The highest BCUT2D eigenvalue weighted by molar-refractivity contribution is 6.31. The summed E-state index contributed by atoms with van der Waals surface area (Å²) in [6, 6.07) is 7.30. The Morgan fingerprint density at radius 3 is 2.86 bits per heavy atom. The van der Waals surface area contributed by atoms with Gasteiger partial charge >= 0.3 is 0 Å². The van der Waals surface area contributed by atoms with Crippen molar-refractivity contribution in [1.82, 2.24) is 14.9 Å². The summed E-state index contributed by atoms with van der Waals surface area (Å²) in [6.45, 7) is 6.35. The van der Waals surface area contributed by atoms with Gasteiger partial charge in [0.25, 0.3) is 6.01 Å². The number of aromatic hydroxyl groups is 1. The third kappa shape index (κ3) is 3.78. The van der Waals surface area contributed by atoms with E-state index in [4.69, 9.17) is 16.0 Å². The first kappa shape index (κ1) is 19.0. The molecule has 2 atom stereocenters. The maximum absolute atomic E-state index is 10.3. The summed E-state index contributed by atoms with van der Waals surface area (Å²) in [5.41, 5.74) is 3.06. The van der Waals surface area contributed by atoms with Crippen molar-refractivity contribution < 1.29 is 14.6 Å². The van der Waals surface area contributed by atoms with Crippen molar-refractivity contribution in [2.75, 3.05) is 25.0 Å². The van der Waals surface area contributed by atoms with Gasteiger partial charge < -0.3 is 19.9 Å². The van der Waals surface area contributed by atoms with Crippen molar-refractivity contribution in [1.29, 1.82) is 0 Å². The Morgan fingerprint density at radius 2 is 2.11 bits per heavy atom. The summed E-state index contributed by atoms with van der Waals surface area (Å²) in [5, 5.41) is 24.1. The lowest BCUT2D eigenvalue weighted by Gasteiger charge is -2.34. The number of aryl methyl sites for hydroxylation is 1. The van der Waals surface area contributed by atoms with Gasteiger partial charge in [0.1, 0.15) is 5.75 Å². The molecule has 0 saturated carbocycles. The molecule has 0 radical (unpaired) electrons. The Morgan fingerprint density at radius 1 is 1.29 bits per heavy atom. The molecular weight excluding hydrogens is 380 g/mol. The fourth-order valence-electron chi connectivity index (χ4n) is 3.78. The normalized spacial score (nSPS) is 20.6. The van der Waals surface area contributed by atoms with Crippen LogP contribution in [0.25, 0.3) is 22.5 Å². The van der Waals surface area contributed by atoms with Gasteiger partial charge in [-0.25, -0.2) is 4.98 Å². The second-order valence-electron chi connectivity index (χ2n) is 7.24. The molecule has 3 N–H and O–H groups in total. The number of nitrogens with one attached hydrogen (secondary N) is 1. The number of anilines is 1. The number of β-amino-alcohol motifs (C(OH)–C–C–N with tert-alkyl or cyclic N) is 1. The van der Waals surface area contributed by atoms with Crippen LogP contribution in [0.2, 0.25) is 5.02 Å². The Balaban J connectivity index is 1.61. The molecule has 3 aromatic rings. The van der Waals surface area contributed by atoms with Crippen LogP contribution in [-0.2, 0) is 0 Å². The van der Waals surface area contributed by atoms with Crippen molar-refractivity contribution >= 4 is 28.8 Å². The minimum Gasteiger partial charge on any atom is -0.507 e. The number of nitrogens with zero attached hydrogens (tertiary/aromatic N) is 3. The molecular formula is C20H23ClN4O3. The van der Waals surface area contributed by atoms with Crippen LogP contribution in [0.5, 0.6) is 5.75 Å². The summed E-state index contributed by atoms with van der Waals surface area (Å²) in [5.74, 6) is 0.0783. The van der Waals surface area contributed by atoms with Gasteiger partial charge in [-0.2, -0.15) is 4.98 Å². The quantitative estimate of drug-likeness (QED) is 0.615. The van der Waals surface area contributed by atoms with Crippen molar-refractivity contribution in [3.63, 3.8) is 0 Å². The third-order valence-electron chi connectivity index (χ3n) is 5.07. The number of hydrogen-bond donors (Lipinski definition) is 3. The van der Waals surface area contributed by atoms with E-state index in [0.717, 1.165) is 18.7 Å². The van der Waals surface area contributed by atoms with E-state index < -0.39 is 0 Å². The Bertz CT molecular complexity index is 983. The van der Waals surface area contributed by atoms with E-state index in [2.05, 4.69) is 27.1 Å². The van der Waals surface area contributed by atoms with Crippen molar-refractivity contribution in [3.05, 3.63) is 34.9 Å². The molecule has 1 saturated heterocycles. The number of benzene rings is 1. The maximum Gasteiger partial charge on any atom is 0.297 e. The number of hydrogen-bond acceptors (Lipinski definition) is 7. The molecule has 1 fully saturated rings. The zero-order valence-corrected chi connectivity index (χ0v) is 16.6. The van der Waals surface area contributed by atoms with Gasteiger partial charge in [0, 0.05) is 29.7 Å². The summed E-state index contributed by atoms with van der Waals surface area (Å²) in [6.07, 6.45) is 0.280. The van der Waals surface area contributed by atoms with Crippen LogP contribution in [0.1, 0.15) is 18.9 Å². The van der Waals surface area contributed by atoms with Gasteiger partial charge in [0.05, 0.1) is 11.8 Å². The van der Waals surface area contributed by atoms with Crippen LogP contribution < -0.4 is 5.32 Å². The van der Waals surface area contributed by atoms with Crippen LogP contribution in [0.4, 0.5) is 6.01 Å². The van der Waals surface area contributed by atoms with Crippen molar-refractivity contribution in [2.45, 2.75) is 32.4 Å². The predicted octanol–water partition coefficient (Wildman–Crippen LogP) is 3.42. The van der Waals surface area contributed by atoms with E-state index in [1.54, 1.807) is 18.2 Å². The van der Waals surface area contributed by atoms with Crippen LogP contribution in [-0.4, -0.2) is 56.9 Å². The van der Waals surface area contributed by atoms with E-state index >= 15 is 0 Å². The number of halogens is 1. The zero-order valence-electron chi connectivity index (χ0n) is 15.8. The summed E-state index contributed by atoms with van der Waals surface area (Å²) in [7, 11) is 0. The molecule has 2 aromatic heterocycles. The molecule has 0 aliphatic carbocycles. The first-order chi connectivity index (χ1) is 13.4. The number of rotatable bonds is 4. The largest absolute Gasteiger partial charge is 0.507 e. The molecule has 148 valence electrons. The number of pyridine rings is 1. The van der Waals surface area contributed by atoms with Gasteiger partial charge in [-0.3, -0.25) is 4.90 Å². The lowest BCUT2D eigenvalue weighted by Crippen LogP contribution is -2.48. The average molecular weight is 403 g/mol. The minimum absolute atomic E-state index is 0.0544. The smallest absolute Gasteiger partial charge is 0.297 e. The van der Waals surface area contributed by atoms with Crippen LogP contribution in [0.3, 0.4) is 0 Å². The topological polar surface area (TPSA) is 94.7 Å². The second-order valence-corrected chi connectivity index (χ2v) is 7.67. The maximum atomic E-state index is 10.3. The van der Waals surface area contributed by atoms with Crippen molar-refractivity contribution in [3.8, 4) is 17.0 Å². The van der Waals surface area contributed by atoms with E-state index in [9.17, 15) is 10.2 Å². The number of phenolic OH excluding ortho intramolecular Hbond substituents is 1. The van der Waals surface area contributed by atoms with E-state index in [1.165, 1.54) is 6.07 Å². The number of likely N-dealkylation sites (tertiary alicyclic amines) is 1. The van der Waals surface area contributed by atoms with Gasteiger partial charge in [-0.05, 0) is 49.7 Å². The number of aliphatic hydroxyl groups excluding tert-OH is 1. The Hall–Kier alpha value is -2.35. The molecule has 28 heavy (non-hydrogen) atoms. The molecule has 1 aromatic carbocycles. The minimum atomic E-state index is -0.365. The molecule has 0 amide bonds. The summed E-state index contributed by atoms with van der Waals surface area (Å²) < 4.78 is 5.78. The molecule has 7 nitrogen and oxygen atoms in total. The number of oxazole rings is 1. The standard InChI is InChI=1S/C20H23ClN4O3/c1-3-25-9-13(8-14(26)10-25)22-20-24-19-17(28-20)5-4-15(23-19)18-11(2)6-12(21)7-16(18)27/h4-7,13-14,26-27H,3,8-10H2,1-2H3,(H,22,23,24). The lowest BCUT2D eigenvalue weighted by molar-refractivity contribution is 0.0667. The molecule has 1 aliphatic rings. The average Bonchev–Trinajstić information content (AvgIpc) is 3.01. The Labute approximate surface area is 168 Å². The molecule has 0 bridgehead atoms. The second kappa shape index (κ2) is 7.58. The third-order valence-corrected chi connectivity index (χ3v) is 5.29. The number of fused-ring (bicyclic) bond motifs is 1. The fourth-order valence-corrected chi connectivity index (χ4v) is 4.04. The number of aromatic nitrogens is 2. The lowest BCUT2D eigenvalue weighted by atomic mass is 10.0. The van der Waals surface area contributed by atoms with Gasteiger partial charge in [0.15, 0.2) is 5.58 Å². The highest BCUT2D eigenvalue weighted by atomic mass is 35.5. The number of aliphatic hydroxyl groups is 1. The summed E-state index contributed by atoms with van der Waals surface area (Å²) in [4.78, 5) is 11.2. The highest BCUT2D eigenvalue weighted by Crippen LogP contribution is 2.35. The molecule has 1 aliphatic heterocycles. The summed E-state index contributed by atoms with van der Waals surface area (Å²) >= 11 is 5.99. The SMILES string of the molecule is CCN1CC(O)CC(Nc2nc3nc(-c4c(C)cc(Cl)cc4O)ccc3o2)C1. The number of phenols is 1. The van der Waals surface area contributed by atoms with E-state index in [0.29, 0.717) is 46.5 Å².